The lowest BCUT2D eigenvalue weighted by Crippen LogP contribution is -2.17. The Morgan fingerprint density at radius 3 is 2.54 bits per heavy atom. The van der Waals surface area contributed by atoms with Gasteiger partial charge >= 0.3 is 5.97 Å². The summed E-state index contributed by atoms with van der Waals surface area (Å²) in [6.45, 7) is -0.120. The molecule has 24 heavy (non-hydrogen) atoms. The van der Waals surface area contributed by atoms with Gasteiger partial charge in [0.25, 0.3) is 10.0 Å². The van der Waals surface area contributed by atoms with Gasteiger partial charge in [0.15, 0.2) is 5.69 Å². The van der Waals surface area contributed by atoms with E-state index in [9.17, 15) is 18.0 Å². The summed E-state index contributed by atoms with van der Waals surface area (Å²) in [5.74, 6) is -1.70. The molecule has 0 aliphatic rings. The number of carboxylic acids is 1. The van der Waals surface area contributed by atoms with Crippen molar-refractivity contribution in [2.75, 3.05) is 23.8 Å². The van der Waals surface area contributed by atoms with Gasteiger partial charge in [-0.15, -0.1) is 11.3 Å². The zero-order valence-corrected chi connectivity index (χ0v) is 14.0. The number of nitrogens with zero attached hydrogens (tertiary/aromatic N) is 1. The number of carbonyl (C=O) groups is 2. The van der Waals surface area contributed by atoms with Crippen molar-refractivity contribution >= 4 is 43.9 Å². The van der Waals surface area contributed by atoms with E-state index in [0.717, 1.165) is 11.3 Å². The fourth-order valence-corrected chi connectivity index (χ4v) is 3.69. The number of hydrogen-bond donors (Lipinski definition) is 3. The SMILES string of the molecule is COCC(=O)Nc1ccc(S(=O)(=O)Nc2scnc2C(=O)O)cc1. The molecule has 9 nitrogen and oxygen atoms in total. The molecule has 0 unspecified atom stereocenters. The summed E-state index contributed by atoms with van der Waals surface area (Å²) in [5.41, 5.74) is 1.27. The zero-order valence-electron chi connectivity index (χ0n) is 12.3. The fourth-order valence-electron chi connectivity index (χ4n) is 1.70. The number of anilines is 2. The van der Waals surface area contributed by atoms with E-state index in [1.54, 1.807) is 0 Å². The summed E-state index contributed by atoms with van der Waals surface area (Å²) in [4.78, 5) is 25.8. The van der Waals surface area contributed by atoms with E-state index in [-0.39, 0.29) is 28.1 Å². The van der Waals surface area contributed by atoms with Crippen LogP contribution in [0.3, 0.4) is 0 Å². The molecule has 2 rings (SSSR count). The molecule has 0 radical (unpaired) electrons. The highest BCUT2D eigenvalue weighted by Crippen LogP contribution is 2.24. The van der Waals surface area contributed by atoms with Gasteiger partial charge in [0.1, 0.15) is 11.6 Å². The first-order chi connectivity index (χ1) is 11.3. The smallest absolute Gasteiger partial charge is 0.357 e. The van der Waals surface area contributed by atoms with Crippen LogP contribution in [0.15, 0.2) is 34.7 Å². The van der Waals surface area contributed by atoms with Crippen molar-refractivity contribution in [2.24, 2.45) is 0 Å². The molecule has 0 fully saturated rings. The van der Waals surface area contributed by atoms with Crippen LogP contribution in [-0.2, 0) is 19.6 Å². The van der Waals surface area contributed by atoms with Crippen LogP contribution in [0, 0.1) is 0 Å². The number of amides is 1. The average molecular weight is 371 g/mol. The molecule has 1 aromatic carbocycles. The third-order valence-corrected chi connectivity index (χ3v) is 4.96. The number of rotatable bonds is 7. The number of sulfonamides is 1. The maximum atomic E-state index is 12.3. The van der Waals surface area contributed by atoms with Crippen molar-refractivity contribution in [1.29, 1.82) is 0 Å². The Morgan fingerprint density at radius 2 is 1.96 bits per heavy atom. The monoisotopic (exact) mass is 371 g/mol. The summed E-state index contributed by atoms with van der Waals surface area (Å²) in [6, 6.07) is 5.39. The van der Waals surface area contributed by atoms with Gasteiger partial charge in [-0.1, -0.05) is 0 Å². The lowest BCUT2D eigenvalue weighted by Gasteiger charge is -2.08. The van der Waals surface area contributed by atoms with E-state index in [1.165, 1.54) is 36.9 Å². The Balaban J connectivity index is 2.16. The molecular formula is C13H13N3O6S2. The van der Waals surface area contributed by atoms with E-state index >= 15 is 0 Å². The van der Waals surface area contributed by atoms with Crippen molar-refractivity contribution in [1.82, 2.24) is 4.98 Å². The predicted molar refractivity (Wildman–Crippen MR) is 86.8 cm³/mol. The molecule has 1 heterocycles. The second-order valence-corrected chi connectivity index (χ2v) is 6.98. The molecule has 0 saturated heterocycles. The van der Waals surface area contributed by atoms with E-state index < -0.39 is 16.0 Å². The minimum absolute atomic E-state index is 0.0834. The molecule has 0 atom stereocenters. The molecule has 128 valence electrons. The summed E-state index contributed by atoms with van der Waals surface area (Å²) < 4.78 is 31.4. The van der Waals surface area contributed by atoms with Crippen molar-refractivity contribution in [3.8, 4) is 0 Å². The number of carboxylic acid groups (broad SMARTS) is 1. The van der Waals surface area contributed by atoms with Crippen molar-refractivity contribution in [3.05, 3.63) is 35.5 Å². The summed E-state index contributed by atoms with van der Waals surface area (Å²) in [6.07, 6.45) is 0. The Labute approximate surface area is 141 Å². The fraction of sp³-hybridized carbons (Fsp3) is 0.154. The number of hydrogen-bond acceptors (Lipinski definition) is 7. The van der Waals surface area contributed by atoms with Gasteiger partial charge in [-0.3, -0.25) is 9.52 Å². The van der Waals surface area contributed by atoms with E-state index in [4.69, 9.17) is 5.11 Å². The Bertz CT molecular complexity index is 845. The average Bonchev–Trinajstić information content (AvgIpc) is 2.95. The van der Waals surface area contributed by atoms with Gasteiger partial charge < -0.3 is 15.2 Å². The number of nitrogens with one attached hydrogen (secondary N) is 2. The van der Waals surface area contributed by atoms with Crippen LogP contribution in [0.5, 0.6) is 0 Å². The molecule has 0 saturated carbocycles. The van der Waals surface area contributed by atoms with Gasteiger partial charge in [0.2, 0.25) is 5.91 Å². The van der Waals surface area contributed by atoms with Gasteiger partial charge in [0, 0.05) is 12.8 Å². The van der Waals surface area contributed by atoms with E-state index in [1.807, 2.05) is 0 Å². The minimum Gasteiger partial charge on any atom is -0.476 e. The number of benzene rings is 1. The van der Waals surface area contributed by atoms with E-state index in [2.05, 4.69) is 19.8 Å². The van der Waals surface area contributed by atoms with E-state index in [0.29, 0.717) is 5.69 Å². The van der Waals surface area contributed by atoms with Gasteiger partial charge in [-0.25, -0.2) is 18.2 Å². The minimum atomic E-state index is -3.98. The number of aromatic nitrogens is 1. The Kier molecular flexibility index (Phi) is 5.49. The van der Waals surface area contributed by atoms with Crippen LogP contribution >= 0.6 is 11.3 Å². The first-order valence-corrected chi connectivity index (χ1v) is 8.78. The molecule has 0 aliphatic carbocycles. The van der Waals surface area contributed by atoms with Crippen LogP contribution in [0.25, 0.3) is 0 Å². The third kappa shape index (κ3) is 4.28. The second-order valence-electron chi connectivity index (χ2n) is 4.45. The topological polar surface area (TPSA) is 135 Å². The molecule has 1 amide bonds. The van der Waals surface area contributed by atoms with Gasteiger partial charge in [0.05, 0.1) is 10.4 Å². The molecule has 11 heteroatoms. The van der Waals surface area contributed by atoms with Crippen molar-refractivity contribution < 1.29 is 27.9 Å². The summed E-state index contributed by atoms with van der Waals surface area (Å²) in [5, 5.41) is 11.4. The molecule has 2 aromatic rings. The summed E-state index contributed by atoms with van der Waals surface area (Å²) >= 11 is 0.863. The Hall–Kier alpha value is -2.50. The van der Waals surface area contributed by atoms with Crippen molar-refractivity contribution in [2.45, 2.75) is 4.90 Å². The maximum Gasteiger partial charge on any atom is 0.357 e. The number of thiazole rings is 1. The zero-order chi connectivity index (χ0) is 17.7. The highest BCUT2D eigenvalue weighted by molar-refractivity contribution is 7.93. The van der Waals surface area contributed by atoms with Crippen molar-refractivity contribution in [3.63, 3.8) is 0 Å². The molecule has 0 aliphatic heterocycles. The lowest BCUT2D eigenvalue weighted by atomic mass is 10.3. The highest BCUT2D eigenvalue weighted by Gasteiger charge is 2.20. The third-order valence-electron chi connectivity index (χ3n) is 2.72. The van der Waals surface area contributed by atoms with Crippen LogP contribution in [0.2, 0.25) is 0 Å². The number of aromatic carboxylic acids is 1. The normalized spacial score (nSPS) is 11.0. The highest BCUT2D eigenvalue weighted by atomic mass is 32.2. The molecule has 0 bridgehead atoms. The molecule has 3 N–H and O–H groups in total. The van der Waals surface area contributed by atoms with Crippen LogP contribution in [0.4, 0.5) is 10.7 Å². The molecular weight excluding hydrogens is 358 g/mol. The quantitative estimate of drug-likeness (QED) is 0.666. The maximum absolute atomic E-state index is 12.3. The van der Waals surface area contributed by atoms with Gasteiger partial charge in [-0.2, -0.15) is 0 Å². The van der Waals surface area contributed by atoms with Crippen LogP contribution in [-0.4, -0.2) is 44.1 Å². The second kappa shape index (κ2) is 7.38. The first-order valence-electron chi connectivity index (χ1n) is 6.42. The first kappa shape index (κ1) is 17.8. The Morgan fingerprint density at radius 1 is 1.29 bits per heavy atom. The molecule has 1 aromatic heterocycles. The van der Waals surface area contributed by atoms with Crippen LogP contribution in [0.1, 0.15) is 10.5 Å². The van der Waals surface area contributed by atoms with Gasteiger partial charge in [-0.05, 0) is 24.3 Å². The predicted octanol–water partition coefficient (Wildman–Crippen LogP) is 1.23. The van der Waals surface area contributed by atoms with Crippen LogP contribution < -0.4 is 10.0 Å². The lowest BCUT2D eigenvalue weighted by molar-refractivity contribution is -0.119. The number of ether oxygens (including phenoxy) is 1. The summed E-state index contributed by atoms with van der Waals surface area (Å²) in [7, 11) is -2.59. The number of methoxy groups -OCH3 is 1. The number of carbonyl (C=O) groups excluding carboxylic acids is 1. The standard InChI is InChI=1S/C13H13N3O6S2/c1-22-6-10(17)15-8-2-4-9(5-3-8)24(20,21)16-12-11(13(18)19)14-7-23-12/h2-5,7,16H,6H2,1H3,(H,15,17)(H,18,19). The molecule has 0 spiro atoms. The largest absolute Gasteiger partial charge is 0.476 e.